The van der Waals surface area contributed by atoms with E-state index in [2.05, 4.69) is 27.9 Å². The number of aryl methyl sites for hydroxylation is 2. The van der Waals surface area contributed by atoms with E-state index >= 15 is 0 Å². The van der Waals surface area contributed by atoms with Gasteiger partial charge < -0.3 is 9.42 Å². The molecule has 192 valence electrons. The molecule has 0 N–H and O–H groups in total. The van der Waals surface area contributed by atoms with Gasteiger partial charge in [0.25, 0.3) is 5.91 Å². The lowest BCUT2D eigenvalue weighted by molar-refractivity contribution is -0.115. The van der Waals surface area contributed by atoms with Crippen LogP contribution in [0, 0.1) is 0 Å². The largest absolute Gasteiger partial charge is 0.339 e. The molecular weight excluding hydrogens is 457 g/mol. The summed E-state index contributed by atoms with van der Waals surface area (Å²) in [6, 6.07) is 9.75. The fourth-order valence-corrected chi connectivity index (χ4v) is 4.34. The number of nitrogens with zero attached hydrogens (tertiary/aromatic N) is 5. The summed E-state index contributed by atoms with van der Waals surface area (Å²) in [7, 11) is 2.03. The van der Waals surface area contributed by atoms with Crippen LogP contribution in [0.25, 0.3) is 11.4 Å². The Kier molecular flexibility index (Phi) is 8.33. The van der Waals surface area contributed by atoms with Gasteiger partial charge in [0.1, 0.15) is 0 Å². The number of hydrogen-bond acceptors (Lipinski definition) is 5. The Bertz CT molecular complexity index is 1190. The minimum absolute atomic E-state index is 0.0284. The highest BCUT2D eigenvalue weighted by Gasteiger charge is 2.27. The summed E-state index contributed by atoms with van der Waals surface area (Å²) in [6.45, 7) is 7.72. The molecule has 7 nitrogen and oxygen atoms in total. The number of anilines is 1. The maximum atomic E-state index is 13.2. The Morgan fingerprint density at radius 2 is 2.06 bits per heavy atom. The summed E-state index contributed by atoms with van der Waals surface area (Å²) in [4.78, 5) is 19.3. The first kappa shape index (κ1) is 25.8. The highest BCUT2D eigenvalue weighted by atomic mass is 19.1. The number of carbonyl (C=O) groups excluding carboxylic acids is 1. The molecule has 2 heterocycles. The van der Waals surface area contributed by atoms with Crippen molar-refractivity contribution in [2.75, 3.05) is 18.1 Å². The summed E-state index contributed by atoms with van der Waals surface area (Å²) >= 11 is 0. The van der Waals surface area contributed by atoms with E-state index in [-0.39, 0.29) is 23.8 Å². The van der Waals surface area contributed by atoms with E-state index in [9.17, 15) is 9.18 Å². The van der Waals surface area contributed by atoms with Crippen LogP contribution in [-0.2, 0) is 18.3 Å². The van der Waals surface area contributed by atoms with Gasteiger partial charge in [0.05, 0.1) is 12.4 Å². The number of alkyl halides is 1. The van der Waals surface area contributed by atoms with Crippen LogP contribution in [-0.4, -0.2) is 39.0 Å². The highest BCUT2D eigenvalue weighted by Crippen LogP contribution is 2.40. The van der Waals surface area contributed by atoms with Gasteiger partial charge in [-0.3, -0.25) is 13.9 Å². The van der Waals surface area contributed by atoms with Crippen molar-refractivity contribution >= 4 is 11.6 Å². The number of aromatic nitrogens is 4. The van der Waals surface area contributed by atoms with E-state index in [0.717, 1.165) is 36.9 Å². The third kappa shape index (κ3) is 6.28. The molecule has 0 aliphatic heterocycles. The highest BCUT2D eigenvalue weighted by molar-refractivity contribution is 6.05. The number of amides is 1. The van der Waals surface area contributed by atoms with Crippen LogP contribution in [0.2, 0.25) is 0 Å². The van der Waals surface area contributed by atoms with Gasteiger partial charge >= 0.3 is 0 Å². The predicted molar refractivity (Wildman–Crippen MR) is 139 cm³/mol. The van der Waals surface area contributed by atoms with Crippen LogP contribution in [0.3, 0.4) is 0 Å². The zero-order chi connectivity index (χ0) is 25.7. The Labute approximate surface area is 212 Å². The fourth-order valence-electron chi connectivity index (χ4n) is 4.34. The zero-order valence-corrected chi connectivity index (χ0v) is 21.5. The third-order valence-electron chi connectivity index (χ3n) is 6.57. The average molecular weight is 494 g/mol. The van der Waals surface area contributed by atoms with E-state index in [1.165, 1.54) is 18.5 Å². The van der Waals surface area contributed by atoms with E-state index in [1.54, 1.807) is 4.90 Å². The molecule has 8 heteroatoms. The van der Waals surface area contributed by atoms with Crippen LogP contribution in [0.4, 0.5) is 10.1 Å². The Hall–Kier alpha value is -3.29. The molecule has 1 saturated carbocycles. The van der Waals surface area contributed by atoms with Crippen molar-refractivity contribution in [3.05, 3.63) is 59.8 Å². The van der Waals surface area contributed by atoms with Gasteiger partial charge in [0, 0.05) is 54.4 Å². The predicted octanol–water partition coefficient (Wildman–Crippen LogP) is 6.13. The molecule has 1 amide bonds. The molecule has 0 atom stereocenters. The first-order valence-electron chi connectivity index (χ1n) is 12.9. The number of benzene rings is 1. The monoisotopic (exact) mass is 493 g/mol. The SMILES string of the molecule is C=C(CCF)C(=O)N(CCCCCc1cc(C2CC2)n(C)n1)c1cccc(-c2noc(C(C)C)n2)c1. The summed E-state index contributed by atoms with van der Waals surface area (Å²) in [6.07, 6.45) is 6.26. The van der Waals surface area contributed by atoms with Crippen molar-refractivity contribution in [1.29, 1.82) is 0 Å². The lowest BCUT2D eigenvalue weighted by atomic mass is 10.1. The van der Waals surface area contributed by atoms with Gasteiger partial charge in [0.2, 0.25) is 11.7 Å². The van der Waals surface area contributed by atoms with E-state index in [1.807, 2.05) is 49.8 Å². The van der Waals surface area contributed by atoms with E-state index in [0.29, 0.717) is 29.9 Å². The van der Waals surface area contributed by atoms with Crippen molar-refractivity contribution in [3.8, 4) is 11.4 Å². The number of hydrogen-bond donors (Lipinski definition) is 0. The summed E-state index contributed by atoms with van der Waals surface area (Å²) in [5, 5.41) is 8.75. The zero-order valence-electron chi connectivity index (χ0n) is 21.5. The first-order chi connectivity index (χ1) is 17.4. The van der Waals surface area contributed by atoms with Crippen molar-refractivity contribution in [1.82, 2.24) is 19.9 Å². The minimum Gasteiger partial charge on any atom is -0.339 e. The van der Waals surface area contributed by atoms with E-state index in [4.69, 9.17) is 4.52 Å². The van der Waals surface area contributed by atoms with Crippen LogP contribution >= 0.6 is 0 Å². The fraction of sp³-hybridized carbons (Fsp3) is 0.500. The van der Waals surface area contributed by atoms with Crippen LogP contribution in [0.5, 0.6) is 0 Å². The van der Waals surface area contributed by atoms with Crippen LogP contribution in [0.15, 0.2) is 47.0 Å². The molecule has 3 aromatic rings. The normalized spacial score (nSPS) is 13.4. The lowest BCUT2D eigenvalue weighted by Crippen LogP contribution is -2.33. The molecule has 0 radical (unpaired) electrons. The molecule has 0 saturated heterocycles. The maximum absolute atomic E-state index is 13.2. The average Bonchev–Trinajstić information content (AvgIpc) is 3.45. The molecule has 1 aliphatic rings. The number of unbranched alkanes of at least 4 members (excludes halogenated alkanes) is 2. The summed E-state index contributed by atoms with van der Waals surface area (Å²) in [5.74, 6) is 1.61. The second-order valence-corrected chi connectivity index (χ2v) is 9.93. The molecule has 0 unspecified atom stereocenters. The Morgan fingerprint density at radius 3 is 2.75 bits per heavy atom. The molecule has 1 aromatic carbocycles. The standard InChI is InChI=1S/C28H36FN5O2/c1-19(2)27-30-26(32-36-27)22-9-8-11-24(17-22)34(28(35)20(3)14-15-29)16-7-5-6-10-23-18-25(21-12-13-21)33(4)31-23/h8-9,11,17-19,21H,3,5-7,10,12-16H2,1-2,4H3. The molecule has 36 heavy (non-hydrogen) atoms. The van der Waals surface area contributed by atoms with Crippen LogP contribution in [0.1, 0.15) is 81.5 Å². The Balaban J connectivity index is 1.41. The second kappa shape index (κ2) is 11.6. The number of carbonyl (C=O) groups is 1. The molecule has 1 fully saturated rings. The molecule has 4 rings (SSSR count). The van der Waals surface area contributed by atoms with Crippen molar-refractivity contribution in [3.63, 3.8) is 0 Å². The van der Waals surface area contributed by atoms with Crippen molar-refractivity contribution in [2.45, 2.75) is 70.6 Å². The van der Waals surface area contributed by atoms with E-state index < -0.39 is 6.67 Å². The third-order valence-corrected chi connectivity index (χ3v) is 6.57. The van der Waals surface area contributed by atoms with Gasteiger partial charge in [-0.05, 0) is 50.3 Å². The van der Waals surface area contributed by atoms with Gasteiger partial charge in [-0.1, -0.05) is 44.1 Å². The van der Waals surface area contributed by atoms with Crippen LogP contribution < -0.4 is 4.90 Å². The molecule has 2 aromatic heterocycles. The molecule has 0 bridgehead atoms. The topological polar surface area (TPSA) is 77.0 Å². The molecule has 1 aliphatic carbocycles. The number of rotatable bonds is 13. The summed E-state index contributed by atoms with van der Waals surface area (Å²) in [5.41, 5.74) is 4.23. The number of halogens is 1. The van der Waals surface area contributed by atoms with Crippen molar-refractivity contribution in [2.24, 2.45) is 7.05 Å². The van der Waals surface area contributed by atoms with Gasteiger partial charge in [-0.15, -0.1) is 0 Å². The maximum Gasteiger partial charge on any atom is 0.253 e. The molecular formula is C28H36FN5O2. The second-order valence-electron chi connectivity index (χ2n) is 9.93. The summed E-state index contributed by atoms with van der Waals surface area (Å²) < 4.78 is 20.3. The van der Waals surface area contributed by atoms with Gasteiger partial charge in [0.15, 0.2) is 0 Å². The quantitative estimate of drug-likeness (QED) is 0.211. The van der Waals surface area contributed by atoms with Crippen molar-refractivity contribution < 1.29 is 13.7 Å². The lowest BCUT2D eigenvalue weighted by Gasteiger charge is -2.24. The molecule has 0 spiro atoms. The minimum atomic E-state index is -0.605. The van der Waals surface area contributed by atoms with Gasteiger partial charge in [-0.25, -0.2) is 0 Å². The van der Waals surface area contributed by atoms with Gasteiger partial charge in [-0.2, -0.15) is 10.1 Å². The smallest absolute Gasteiger partial charge is 0.253 e. The first-order valence-corrected chi connectivity index (χ1v) is 12.9. The Morgan fingerprint density at radius 1 is 1.25 bits per heavy atom.